The highest BCUT2D eigenvalue weighted by molar-refractivity contribution is 5.17. The lowest BCUT2D eigenvalue weighted by molar-refractivity contribution is -0.0935. The summed E-state index contributed by atoms with van der Waals surface area (Å²) in [5, 5.41) is 9.07. The van der Waals surface area contributed by atoms with Crippen molar-refractivity contribution in [3.05, 3.63) is 24.2 Å². The molecule has 0 atom stereocenters. The number of hydrogen-bond acceptors (Lipinski definition) is 3. The molecule has 0 radical (unpaired) electrons. The van der Waals surface area contributed by atoms with Crippen LogP contribution in [0, 0.1) is 0 Å². The molecule has 2 heterocycles. The summed E-state index contributed by atoms with van der Waals surface area (Å²) >= 11 is 0. The Labute approximate surface area is 64.6 Å². The Morgan fingerprint density at radius 1 is 1.55 bits per heavy atom. The number of furan rings is 1. The van der Waals surface area contributed by atoms with Crippen LogP contribution in [0.4, 0.5) is 0 Å². The SMILES string of the molecule is OCC1(c2ccco2)COC1. The molecule has 0 aliphatic carbocycles. The third-order valence-electron chi connectivity index (χ3n) is 2.10. The quantitative estimate of drug-likeness (QED) is 0.676. The number of aliphatic hydroxyl groups is 1. The van der Waals surface area contributed by atoms with Crippen molar-refractivity contribution >= 4 is 0 Å². The van der Waals surface area contributed by atoms with E-state index >= 15 is 0 Å². The highest BCUT2D eigenvalue weighted by atomic mass is 16.5. The van der Waals surface area contributed by atoms with Gasteiger partial charge in [-0.2, -0.15) is 0 Å². The second-order valence-electron chi connectivity index (χ2n) is 2.91. The van der Waals surface area contributed by atoms with Crippen LogP contribution in [0.15, 0.2) is 22.8 Å². The third kappa shape index (κ3) is 0.886. The molecule has 1 saturated heterocycles. The lowest BCUT2D eigenvalue weighted by Crippen LogP contribution is -2.49. The van der Waals surface area contributed by atoms with E-state index in [9.17, 15) is 0 Å². The zero-order valence-electron chi connectivity index (χ0n) is 6.12. The fourth-order valence-electron chi connectivity index (χ4n) is 1.24. The lowest BCUT2D eigenvalue weighted by Gasteiger charge is -2.37. The van der Waals surface area contributed by atoms with Crippen molar-refractivity contribution in [2.24, 2.45) is 0 Å². The standard InChI is InChI=1S/C8H10O3/c9-4-8(5-10-6-8)7-2-1-3-11-7/h1-3,9H,4-6H2. The van der Waals surface area contributed by atoms with Gasteiger partial charge >= 0.3 is 0 Å². The van der Waals surface area contributed by atoms with Crippen molar-refractivity contribution in [1.82, 2.24) is 0 Å². The second-order valence-corrected chi connectivity index (χ2v) is 2.91. The maximum atomic E-state index is 9.07. The van der Waals surface area contributed by atoms with Crippen LogP contribution in [0.5, 0.6) is 0 Å². The van der Waals surface area contributed by atoms with E-state index in [-0.39, 0.29) is 12.0 Å². The minimum Gasteiger partial charge on any atom is -0.468 e. The molecule has 0 spiro atoms. The summed E-state index contributed by atoms with van der Waals surface area (Å²) in [7, 11) is 0. The van der Waals surface area contributed by atoms with Crippen molar-refractivity contribution in [2.75, 3.05) is 19.8 Å². The maximum Gasteiger partial charge on any atom is 0.116 e. The summed E-state index contributed by atoms with van der Waals surface area (Å²) in [5.41, 5.74) is -0.247. The van der Waals surface area contributed by atoms with Crippen LogP contribution in [-0.4, -0.2) is 24.9 Å². The van der Waals surface area contributed by atoms with Gasteiger partial charge in [0.1, 0.15) is 5.76 Å². The molecule has 3 heteroatoms. The summed E-state index contributed by atoms with van der Waals surface area (Å²) in [4.78, 5) is 0. The summed E-state index contributed by atoms with van der Waals surface area (Å²) in [6, 6.07) is 3.70. The Bertz CT molecular complexity index is 218. The fourth-order valence-corrected chi connectivity index (χ4v) is 1.24. The van der Waals surface area contributed by atoms with Gasteiger partial charge < -0.3 is 14.3 Å². The monoisotopic (exact) mass is 154 g/mol. The van der Waals surface area contributed by atoms with E-state index in [1.807, 2.05) is 12.1 Å². The fraction of sp³-hybridized carbons (Fsp3) is 0.500. The summed E-state index contributed by atoms with van der Waals surface area (Å²) in [6.45, 7) is 1.23. The molecule has 1 aromatic heterocycles. The number of aliphatic hydroxyl groups excluding tert-OH is 1. The molecule has 1 fully saturated rings. The number of rotatable bonds is 2. The van der Waals surface area contributed by atoms with Gasteiger partial charge in [0.25, 0.3) is 0 Å². The van der Waals surface area contributed by atoms with E-state index in [0.29, 0.717) is 13.2 Å². The molecule has 0 saturated carbocycles. The predicted molar refractivity (Wildman–Crippen MR) is 38.3 cm³/mol. The van der Waals surface area contributed by atoms with Gasteiger partial charge in [-0.15, -0.1) is 0 Å². The molecule has 0 bridgehead atoms. The highest BCUT2D eigenvalue weighted by Gasteiger charge is 2.42. The Hall–Kier alpha value is -0.800. The van der Waals surface area contributed by atoms with Gasteiger partial charge in [0, 0.05) is 0 Å². The lowest BCUT2D eigenvalue weighted by atomic mass is 9.84. The third-order valence-corrected chi connectivity index (χ3v) is 2.10. The molecule has 1 N–H and O–H groups in total. The first-order valence-electron chi connectivity index (χ1n) is 3.60. The second kappa shape index (κ2) is 2.36. The van der Waals surface area contributed by atoms with Gasteiger partial charge in [0.2, 0.25) is 0 Å². The highest BCUT2D eigenvalue weighted by Crippen LogP contribution is 2.31. The van der Waals surface area contributed by atoms with Crippen molar-refractivity contribution in [1.29, 1.82) is 0 Å². The zero-order chi connectivity index (χ0) is 7.73. The van der Waals surface area contributed by atoms with Crippen molar-refractivity contribution in [3.8, 4) is 0 Å². The molecule has 11 heavy (non-hydrogen) atoms. The first-order valence-corrected chi connectivity index (χ1v) is 3.60. The van der Waals surface area contributed by atoms with Crippen molar-refractivity contribution in [2.45, 2.75) is 5.41 Å². The molecule has 3 nitrogen and oxygen atoms in total. The minimum atomic E-state index is -0.247. The zero-order valence-corrected chi connectivity index (χ0v) is 6.12. The molecule has 0 aromatic carbocycles. The van der Waals surface area contributed by atoms with Gasteiger partial charge in [-0.1, -0.05) is 0 Å². The molecule has 1 aromatic rings. The van der Waals surface area contributed by atoms with Crippen molar-refractivity contribution in [3.63, 3.8) is 0 Å². The smallest absolute Gasteiger partial charge is 0.116 e. The molecular formula is C8H10O3. The average molecular weight is 154 g/mol. The van der Waals surface area contributed by atoms with Crippen LogP contribution < -0.4 is 0 Å². The summed E-state index contributed by atoms with van der Waals surface area (Å²) < 4.78 is 10.2. The topological polar surface area (TPSA) is 42.6 Å². The molecule has 2 rings (SSSR count). The van der Waals surface area contributed by atoms with Gasteiger partial charge in [-0.3, -0.25) is 0 Å². The first-order chi connectivity index (χ1) is 5.37. The Morgan fingerprint density at radius 3 is 2.73 bits per heavy atom. The van der Waals surface area contributed by atoms with E-state index in [4.69, 9.17) is 14.3 Å². The largest absolute Gasteiger partial charge is 0.468 e. The minimum absolute atomic E-state index is 0.0977. The summed E-state index contributed by atoms with van der Waals surface area (Å²) in [5.74, 6) is 0.825. The average Bonchev–Trinajstić information content (AvgIpc) is 2.39. The van der Waals surface area contributed by atoms with E-state index in [2.05, 4.69) is 0 Å². The van der Waals surface area contributed by atoms with E-state index < -0.39 is 0 Å². The molecule has 0 amide bonds. The molecular weight excluding hydrogens is 144 g/mol. The van der Waals surface area contributed by atoms with E-state index in [1.54, 1.807) is 6.26 Å². The van der Waals surface area contributed by atoms with Gasteiger partial charge in [0.15, 0.2) is 0 Å². The van der Waals surface area contributed by atoms with Crippen molar-refractivity contribution < 1.29 is 14.3 Å². The van der Waals surface area contributed by atoms with Gasteiger partial charge in [0.05, 0.1) is 31.5 Å². The number of ether oxygens (including phenoxy) is 1. The Morgan fingerprint density at radius 2 is 2.36 bits per heavy atom. The predicted octanol–water partition coefficient (Wildman–Crippen LogP) is 0.540. The maximum absolute atomic E-state index is 9.07. The van der Waals surface area contributed by atoms with Crippen LogP contribution >= 0.6 is 0 Å². The Kier molecular flexibility index (Phi) is 1.47. The molecule has 60 valence electrons. The molecule has 0 unspecified atom stereocenters. The van der Waals surface area contributed by atoms with E-state index in [1.165, 1.54) is 0 Å². The van der Waals surface area contributed by atoms with Crippen LogP contribution in [-0.2, 0) is 10.2 Å². The normalized spacial score (nSPS) is 21.2. The number of hydrogen-bond donors (Lipinski definition) is 1. The van der Waals surface area contributed by atoms with Crippen LogP contribution in [0.2, 0.25) is 0 Å². The summed E-state index contributed by atoms with van der Waals surface area (Å²) in [6.07, 6.45) is 1.62. The van der Waals surface area contributed by atoms with Crippen LogP contribution in [0.3, 0.4) is 0 Å². The van der Waals surface area contributed by atoms with Crippen LogP contribution in [0.1, 0.15) is 5.76 Å². The van der Waals surface area contributed by atoms with Gasteiger partial charge in [-0.05, 0) is 12.1 Å². The van der Waals surface area contributed by atoms with E-state index in [0.717, 1.165) is 5.76 Å². The molecule has 1 aliphatic heterocycles. The molecule has 1 aliphatic rings. The van der Waals surface area contributed by atoms with Crippen LogP contribution in [0.25, 0.3) is 0 Å². The first kappa shape index (κ1) is 6.88. The Balaban J connectivity index is 2.25. The van der Waals surface area contributed by atoms with Gasteiger partial charge in [-0.25, -0.2) is 0 Å².